The molecule has 118 valence electrons. The van der Waals surface area contributed by atoms with Crippen molar-refractivity contribution in [1.82, 2.24) is 0 Å². The van der Waals surface area contributed by atoms with Gasteiger partial charge in [0, 0.05) is 10.5 Å². The summed E-state index contributed by atoms with van der Waals surface area (Å²) in [5.74, 6) is 0. The highest BCUT2D eigenvalue weighted by atomic mass is 32.2. The van der Waals surface area contributed by atoms with E-state index < -0.39 is 30.0 Å². The van der Waals surface area contributed by atoms with E-state index in [1.165, 1.54) is 11.8 Å². The monoisotopic (exact) mass is 323 g/mol. The number of rotatable bonds is 3. The van der Waals surface area contributed by atoms with Gasteiger partial charge < -0.3 is 19.3 Å². The van der Waals surface area contributed by atoms with Crippen LogP contribution in [0.25, 0.3) is 10.4 Å². The smallest absolute Gasteiger partial charge is 0.184 e. The van der Waals surface area contributed by atoms with E-state index in [0.29, 0.717) is 6.61 Å². The molecular weight excluding hydrogens is 306 g/mol. The Balaban J connectivity index is 1.79. The van der Waals surface area contributed by atoms with Gasteiger partial charge in [0.25, 0.3) is 0 Å². The van der Waals surface area contributed by atoms with Crippen molar-refractivity contribution in [3.05, 3.63) is 46.3 Å². The fourth-order valence-corrected chi connectivity index (χ4v) is 3.48. The number of hydrogen-bond acceptors (Lipinski definition) is 6. The second kappa shape index (κ2) is 6.87. The largest absolute Gasteiger partial charge is 0.390 e. The molecule has 0 bridgehead atoms. The van der Waals surface area contributed by atoms with E-state index in [9.17, 15) is 5.11 Å². The molecule has 1 N–H and O–H groups in total. The van der Waals surface area contributed by atoms with Crippen molar-refractivity contribution in [2.75, 3.05) is 12.9 Å². The van der Waals surface area contributed by atoms with Gasteiger partial charge in [-0.05, 0) is 11.8 Å². The lowest BCUT2D eigenvalue weighted by molar-refractivity contribution is -0.305. The maximum absolute atomic E-state index is 10.5. The van der Waals surface area contributed by atoms with Crippen molar-refractivity contribution in [3.8, 4) is 0 Å². The number of benzene rings is 1. The number of thioether (sulfide) groups is 1. The second-order valence-corrected chi connectivity index (χ2v) is 6.08. The van der Waals surface area contributed by atoms with Crippen LogP contribution in [0.15, 0.2) is 35.4 Å². The first kappa shape index (κ1) is 15.6. The highest BCUT2D eigenvalue weighted by molar-refractivity contribution is 7.99. The average molecular weight is 323 g/mol. The first-order valence-corrected chi connectivity index (χ1v) is 8.26. The molecule has 2 saturated heterocycles. The Morgan fingerprint density at radius 2 is 2.09 bits per heavy atom. The highest BCUT2D eigenvalue weighted by Crippen LogP contribution is 2.37. The molecule has 1 aromatic rings. The molecule has 6 atom stereocenters. The molecule has 8 heteroatoms. The summed E-state index contributed by atoms with van der Waals surface area (Å²) in [6, 6.07) is 8.82. The molecule has 2 aliphatic rings. The Morgan fingerprint density at radius 1 is 1.32 bits per heavy atom. The molecule has 0 aromatic heterocycles. The van der Waals surface area contributed by atoms with Gasteiger partial charge in [-0.25, -0.2) is 0 Å². The third-order valence-electron chi connectivity index (χ3n) is 3.82. The maximum Gasteiger partial charge on any atom is 0.184 e. The van der Waals surface area contributed by atoms with Gasteiger partial charge in [-0.1, -0.05) is 35.4 Å². The topological polar surface area (TPSA) is 96.7 Å². The zero-order valence-corrected chi connectivity index (χ0v) is 12.8. The number of aliphatic hydroxyl groups excluding tert-OH is 1. The van der Waals surface area contributed by atoms with E-state index in [4.69, 9.17) is 19.7 Å². The predicted molar refractivity (Wildman–Crippen MR) is 81.1 cm³/mol. The zero-order valence-electron chi connectivity index (χ0n) is 12.0. The van der Waals surface area contributed by atoms with Crippen molar-refractivity contribution in [2.45, 2.75) is 36.1 Å². The minimum atomic E-state index is -0.929. The normalized spacial score (nSPS) is 37.9. The van der Waals surface area contributed by atoms with Gasteiger partial charge in [-0.2, -0.15) is 0 Å². The third kappa shape index (κ3) is 2.94. The van der Waals surface area contributed by atoms with Crippen LogP contribution in [0.3, 0.4) is 0 Å². The van der Waals surface area contributed by atoms with Crippen LogP contribution in [0.4, 0.5) is 0 Å². The SMILES string of the molecule is CS[C@@H]1OC2COC(c3ccccc3)O[C@@H]2[C@H](O)C1N=[N+]=[N-]. The fraction of sp³-hybridized carbons (Fsp3) is 0.571. The Labute approximate surface area is 132 Å². The van der Waals surface area contributed by atoms with E-state index >= 15 is 0 Å². The molecular formula is C14H17N3O4S. The summed E-state index contributed by atoms with van der Waals surface area (Å²) in [4.78, 5) is 2.81. The molecule has 0 amide bonds. The van der Waals surface area contributed by atoms with Gasteiger partial charge in [0.1, 0.15) is 23.7 Å². The summed E-state index contributed by atoms with van der Waals surface area (Å²) in [6.07, 6.45) is -0.606. The molecule has 0 aliphatic carbocycles. The lowest BCUT2D eigenvalue weighted by Gasteiger charge is -2.46. The number of hydrogen-bond donors (Lipinski definition) is 1. The van der Waals surface area contributed by atoms with Gasteiger partial charge in [0.05, 0.1) is 12.7 Å². The van der Waals surface area contributed by atoms with E-state index in [2.05, 4.69) is 10.0 Å². The Kier molecular flexibility index (Phi) is 4.87. The summed E-state index contributed by atoms with van der Waals surface area (Å²) < 4.78 is 17.4. The fourth-order valence-electron chi connectivity index (χ4n) is 2.73. The molecule has 2 aliphatic heterocycles. The van der Waals surface area contributed by atoms with Crippen LogP contribution in [0.5, 0.6) is 0 Å². The van der Waals surface area contributed by atoms with Crippen molar-refractivity contribution < 1.29 is 19.3 Å². The average Bonchev–Trinajstić information content (AvgIpc) is 2.58. The van der Waals surface area contributed by atoms with Crippen molar-refractivity contribution in [1.29, 1.82) is 0 Å². The minimum absolute atomic E-state index is 0.321. The molecule has 3 rings (SSSR count). The molecule has 0 radical (unpaired) electrons. The summed E-state index contributed by atoms with van der Waals surface area (Å²) >= 11 is 1.39. The molecule has 7 nitrogen and oxygen atoms in total. The summed E-state index contributed by atoms with van der Waals surface area (Å²) in [5.41, 5.74) is 9.16. The van der Waals surface area contributed by atoms with Crippen LogP contribution in [0.1, 0.15) is 11.9 Å². The Morgan fingerprint density at radius 3 is 2.77 bits per heavy atom. The van der Waals surface area contributed by atoms with Crippen LogP contribution < -0.4 is 0 Å². The quantitative estimate of drug-likeness (QED) is 0.522. The Bertz CT molecular complexity index is 554. The number of azide groups is 1. The van der Waals surface area contributed by atoms with Gasteiger partial charge in [-0.15, -0.1) is 11.8 Å². The molecule has 2 heterocycles. The van der Waals surface area contributed by atoms with Crippen LogP contribution in [-0.4, -0.2) is 47.8 Å². The van der Waals surface area contributed by atoms with Crippen molar-refractivity contribution >= 4 is 11.8 Å². The highest BCUT2D eigenvalue weighted by Gasteiger charge is 2.48. The summed E-state index contributed by atoms with van der Waals surface area (Å²) in [7, 11) is 0. The lowest BCUT2D eigenvalue weighted by atomic mass is 9.97. The van der Waals surface area contributed by atoms with Gasteiger partial charge in [0.15, 0.2) is 6.29 Å². The minimum Gasteiger partial charge on any atom is -0.390 e. The van der Waals surface area contributed by atoms with Gasteiger partial charge in [-0.3, -0.25) is 0 Å². The molecule has 2 fully saturated rings. The van der Waals surface area contributed by atoms with Crippen LogP contribution in [-0.2, 0) is 14.2 Å². The van der Waals surface area contributed by atoms with Crippen LogP contribution in [0, 0.1) is 0 Å². The van der Waals surface area contributed by atoms with E-state index in [0.717, 1.165) is 5.56 Å². The molecule has 0 saturated carbocycles. The van der Waals surface area contributed by atoms with E-state index in [1.54, 1.807) is 0 Å². The Hall–Kier alpha value is -1.28. The number of nitrogens with zero attached hydrogens (tertiary/aromatic N) is 3. The lowest BCUT2D eigenvalue weighted by Crippen LogP contribution is -2.60. The number of fused-ring (bicyclic) bond motifs is 1. The first-order valence-electron chi connectivity index (χ1n) is 6.97. The standard InChI is InChI=1S/C14H17N3O4S/c1-22-14-10(16-17-15)11(18)12-9(20-14)7-19-13(21-12)8-5-3-2-4-6-8/h2-6,9-14,18H,7H2,1H3/t9?,10?,11-,12+,13?,14+/m1/s1. The second-order valence-electron chi connectivity index (χ2n) is 5.14. The summed E-state index contributed by atoms with van der Waals surface area (Å²) in [6.45, 7) is 0.321. The first-order chi connectivity index (χ1) is 10.7. The summed E-state index contributed by atoms with van der Waals surface area (Å²) in [5, 5.41) is 14.2. The van der Waals surface area contributed by atoms with Gasteiger partial charge >= 0.3 is 0 Å². The third-order valence-corrected chi connectivity index (χ3v) is 4.68. The van der Waals surface area contributed by atoms with E-state index in [-0.39, 0.29) is 6.10 Å². The predicted octanol–water partition coefficient (Wildman–Crippen LogP) is 2.23. The van der Waals surface area contributed by atoms with Crippen LogP contribution in [0.2, 0.25) is 0 Å². The molecule has 1 aromatic carbocycles. The van der Waals surface area contributed by atoms with Crippen molar-refractivity contribution in [3.63, 3.8) is 0 Å². The number of aliphatic hydroxyl groups is 1. The van der Waals surface area contributed by atoms with Crippen molar-refractivity contribution in [2.24, 2.45) is 5.11 Å². The number of ether oxygens (including phenoxy) is 3. The zero-order chi connectivity index (χ0) is 15.5. The maximum atomic E-state index is 10.5. The molecule has 0 spiro atoms. The van der Waals surface area contributed by atoms with Crippen LogP contribution >= 0.6 is 11.8 Å². The molecule has 22 heavy (non-hydrogen) atoms. The van der Waals surface area contributed by atoms with E-state index in [1.807, 2.05) is 36.6 Å². The van der Waals surface area contributed by atoms with Gasteiger partial charge in [0.2, 0.25) is 0 Å². The molecule has 3 unspecified atom stereocenters.